The summed E-state index contributed by atoms with van der Waals surface area (Å²) in [6.45, 7) is 0. The molecule has 1 aliphatic heterocycles. The van der Waals surface area contributed by atoms with E-state index in [-0.39, 0.29) is 0 Å². The lowest BCUT2D eigenvalue weighted by atomic mass is 10.0. The smallest absolute Gasteiger partial charge is 0.0218 e. The maximum atomic E-state index is 13.1. The number of aryl methyl sites for hydroxylation is 2. The molecule has 0 radical (unpaired) electrons. The first-order valence-corrected chi connectivity index (χ1v) is 8.09. The Hall–Kier alpha value is -1.41. The van der Waals surface area contributed by atoms with Gasteiger partial charge in [0.25, 0.3) is 0 Å². The van der Waals surface area contributed by atoms with E-state index in [1.165, 1.54) is 11.1 Å². The van der Waals surface area contributed by atoms with Crippen LogP contribution in [0.5, 0.6) is 0 Å². The van der Waals surface area contributed by atoms with Crippen molar-refractivity contribution in [3.05, 3.63) is 59.7 Å². The highest BCUT2D eigenvalue weighted by atomic mass is 32.2. The highest BCUT2D eigenvalue weighted by molar-refractivity contribution is 8.02. The number of hydrogen-bond donors (Lipinski definition) is 1. The van der Waals surface area contributed by atoms with E-state index >= 15 is 0 Å². The van der Waals surface area contributed by atoms with E-state index in [0.717, 1.165) is 22.6 Å². The number of thiol groups is 1. The minimum atomic E-state index is -2.41. The second-order valence-corrected chi connectivity index (χ2v) is 7.49. The molecular weight excluding hydrogens is 228 g/mol. The number of benzene rings is 2. The van der Waals surface area contributed by atoms with Crippen LogP contribution in [-0.4, -0.2) is 10.5 Å². The van der Waals surface area contributed by atoms with Gasteiger partial charge in [-0.25, -0.2) is 0 Å². The molecule has 1 heterocycles. The third kappa shape index (κ3) is 1.64. The van der Waals surface area contributed by atoms with Gasteiger partial charge in [0.2, 0.25) is 0 Å². The van der Waals surface area contributed by atoms with Crippen LogP contribution in [0.3, 0.4) is 0 Å². The molecule has 0 saturated heterocycles. The van der Waals surface area contributed by atoms with Gasteiger partial charge in [-0.2, -0.15) is 0 Å². The first-order valence-electron chi connectivity index (χ1n) is 5.94. The van der Waals surface area contributed by atoms with Crippen molar-refractivity contribution in [2.24, 2.45) is 0 Å². The maximum Gasteiger partial charge on any atom is 0.0218 e. The van der Waals surface area contributed by atoms with Crippen molar-refractivity contribution >= 4 is 9.93 Å². The van der Waals surface area contributed by atoms with E-state index in [4.69, 9.17) is 0 Å². The zero-order valence-electron chi connectivity index (χ0n) is 9.89. The van der Waals surface area contributed by atoms with E-state index in [0.29, 0.717) is 0 Å². The van der Waals surface area contributed by atoms with Crippen LogP contribution >= 0.6 is 0 Å². The molecule has 0 atom stereocenters. The van der Waals surface area contributed by atoms with E-state index in [9.17, 15) is 4.21 Å². The van der Waals surface area contributed by atoms with Crippen LogP contribution in [0.2, 0.25) is 0 Å². The number of hydrogen-bond acceptors (Lipinski definition) is 1. The van der Waals surface area contributed by atoms with Gasteiger partial charge >= 0.3 is 0 Å². The van der Waals surface area contributed by atoms with Gasteiger partial charge < -0.3 is 0 Å². The summed E-state index contributed by atoms with van der Waals surface area (Å²) in [5.74, 6) is 0. The Kier molecular flexibility index (Phi) is 2.40. The molecule has 0 bridgehead atoms. The molecule has 0 N–H and O–H groups in total. The zero-order valence-corrected chi connectivity index (χ0v) is 10.8. The summed E-state index contributed by atoms with van der Waals surface area (Å²) in [5.41, 5.74) is 2.49. The summed E-state index contributed by atoms with van der Waals surface area (Å²) in [6, 6.07) is 16.3. The van der Waals surface area contributed by atoms with E-state index in [2.05, 4.69) is 12.1 Å². The Labute approximate surface area is 103 Å². The molecule has 2 aromatic carbocycles. The minimum Gasteiger partial charge on any atom is -0.276 e. The average Bonchev–Trinajstić information content (AvgIpc) is 2.47. The maximum absolute atomic E-state index is 13.1. The third-order valence-electron chi connectivity index (χ3n) is 3.57. The molecule has 2 heteroatoms. The van der Waals surface area contributed by atoms with Crippen molar-refractivity contribution in [1.29, 1.82) is 0 Å². The molecule has 2 aromatic rings. The summed E-state index contributed by atoms with van der Waals surface area (Å²) in [5, 5.41) is 0. The van der Waals surface area contributed by atoms with Gasteiger partial charge in [-0.3, -0.25) is 4.21 Å². The van der Waals surface area contributed by atoms with Crippen LogP contribution in [0.25, 0.3) is 0 Å². The van der Waals surface area contributed by atoms with Crippen LogP contribution in [-0.2, 0) is 22.8 Å². The van der Waals surface area contributed by atoms with E-state index < -0.39 is 9.93 Å². The highest BCUT2D eigenvalue weighted by Gasteiger charge is 2.23. The summed E-state index contributed by atoms with van der Waals surface area (Å²) in [7, 11) is -2.41. The molecular formula is C15H16OS. The van der Waals surface area contributed by atoms with Crippen LogP contribution in [0.1, 0.15) is 11.1 Å². The van der Waals surface area contributed by atoms with Crippen molar-refractivity contribution in [3.63, 3.8) is 0 Å². The Morgan fingerprint density at radius 3 is 1.71 bits per heavy atom. The fraction of sp³-hybridized carbons (Fsp3) is 0.200. The molecule has 1 aliphatic rings. The molecule has 1 nitrogen and oxygen atoms in total. The monoisotopic (exact) mass is 244 g/mol. The summed E-state index contributed by atoms with van der Waals surface area (Å²) >= 11 is 0. The lowest BCUT2D eigenvalue weighted by Crippen LogP contribution is -2.12. The van der Waals surface area contributed by atoms with E-state index in [1.54, 1.807) is 0 Å². The number of rotatable bonds is 0. The fourth-order valence-corrected chi connectivity index (χ4v) is 5.15. The average molecular weight is 244 g/mol. The van der Waals surface area contributed by atoms with Crippen molar-refractivity contribution in [2.75, 3.05) is 6.26 Å². The van der Waals surface area contributed by atoms with Crippen molar-refractivity contribution in [1.82, 2.24) is 0 Å². The molecule has 0 fully saturated rings. The molecule has 0 aromatic heterocycles. The van der Waals surface area contributed by atoms with Crippen LogP contribution in [0.4, 0.5) is 0 Å². The topological polar surface area (TPSA) is 17.1 Å². The second-order valence-electron chi connectivity index (χ2n) is 4.68. The fourth-order valence-electron chi connectivity index (χ4n) is 2.68. The van der Waals surface area contributed by atoms with Gasteiger partial charge in [0.1, 0.15) is 0 Å². The molecule has 3 rings (SSSR count). The van der Waals surface area contributed by atoms with Crippen LogP contribution < -0.4 is 0 Å². The SMILES string of the molecule is C[SH]1(=O)c2ccccc2CCc2ccccc21. The van der Waals surface area contributed by atoms with Crippen molar-refractivity contribution < 1.29 is 4.21 Å². The molecule has 17 heavy (non-hydrogen) atoms. The predicted molar refractivity (Wildman–Crippen MR) is 72.3 cm³/mol. The first-order chi connectivity index (χ1) is 8.19. The highest BCUT2D eigenvalue weighted by Crippen LogP contribution is 2.35. The largest absolute Gasteiger partial charge is 0.276 e. The normalized spacial score (nSPS) is 18.6. The van der Waals surface area contributed by atoms with Crippen LogP contribution in [0, 0.1) is 0 Å². The van der Waals surface area contributed by atoms with Gasteiger partial charge in [-0.15, -0.1) is 0 Å². The van der Waals surface area contributed by atoms with Gasteiger partial charge in [0.15, 0.2) is 0 Å². The molecule has 0 spiro atoms. The Morgan fingerprint density at radius 1 is 0.824 bits per heavy atom. The quantitative estimate of drug-likeness (QED) is 0.705. The Bertz CT molecular complexity index is 564. The van der Waals surface area contributed by atoms with Crippen LogP contribution in [0.15, 0.2) is 58.3 Å². The predicted octanol–water partition coefficient (Wildman–Crippen LogP) is 2.85. The lowest BCUT2D eigenvalue weighted by Gasteiger charge is -2.21. The Morgan fingerprint density at radius 2 is 1.24 bits per heavy atom. The molecule has 0 saturated carbocycles. The van der Waals surface area contributed by atoms with E-state index in [1.807, 2.05) is 42.7 Å². The number of fused-ring (bicyclic) bond motifs is 2. The third-order valence-corrected chi connectivity index (χ3v) is 6.28. The second kappa shape index (κ2) is 3.81. The van der Waals surface area contributed by atoms with Crippen molar-refractivity contribution in [3.8, 4) is 0 Å². The molecule has 88 valence electrons. The summed E-state index contributed by atoms with van der Waals surface area (Å²) in [6.07, 6.45) is 3.88. The minimum absolute atomic E-state index is 0.991. The lowest BCUT2D eigenvalue weighted by molar-refractivity contribution is 0.674. The van der Waals surface area contributed by atoms with Gasteiger partial charge in [0, 0.05) is 9.79 Å². The molecule has 0 aliphatic carbocycles. The first kappa shape index (κ1) is 10.7. The standard InChI is InChI=1S/C15H16OS/c1-17(16)14-8-4-2-6-12(14)10-11-13-7-3-5-9-15(13)17/h2-9,17H,10-11H2,1H3. The summed E-state index contributed by atoms with van der Waals surface area (Å²) in [4.78, 5) is 2.09. The van der Waals surface area contributed by atoms with Gasteiger partial charge in [-0.1, -0.05) is 46.3 Å². The molecule has 0 unspecified atom stereocenters. The van der Waals surface area contributed by atoms with Gasteiger partial charge in [-0.05, 0) is 42.4 Å². The van der Waals surface area contributed by atoms with Crippen molar-refractivity contribution in [2.45, 2.75) is 22.6 Å². The molecule has 0 amide bonds. The zero-order chi connectivity index (χ0) is 11.9. The summed E-state index contributed by atoms with van der Waals surface area (Å²) < 4.78 is 13.1. The Balaban J connectivity index is 2.31. The van der Waals surface area contributed by atoms with Gasteiger partial charge in [0.05, 0.1) is 0 Å².